The van der Waals surface area contributed by atoms with Crippen LogP contribution >= 0.6 is 22.6 Å². The fourth-order valence-corrected chi connectivity index (χ4v) is 0.559. The highest BCUT2D eigenvalue weighted by molar-refractivity contribution is 14.1. The smallest absolute Gasteiger partial charge is 0.0655 e. The SMILES string of the molecule is C/C(=C/N)N=CI. The molecule has 0 heterocycles. The maximum atomic E-state index is 5.08. The predicted octanol–water partition coefficient (Wildman–Crippen LogP) is 1.27. The van der Waals surface area contributed by atoms with Crippen LogP contribution in [0.3, 0.4) is 0 Å². The van der Waals surface area contributed by atoms with E-state index in [1.165, 1.54) is 6.20 Å². The summed E-state index contributed by atoms with van der Waals surface area (Å²) in [7, 11) is 0. The van der Waals surface area contributed by atoms with Gasteiger partial charge in [0.1, 0.15) is 0 Å². The van der Waals surface area contributed by atoms with Crippen LogP contribution in [0.25, 0.3) is 0 Å². The molecular weight excluding hydrogens is 203 g/mol. The molecule has 0 aromatic carbocycles. The van der Waals surface area contributed by atoms with E-state index >= 15 is 0 Å². The molecule has 0 aromatic heterocycles. The number of nitrogens with zero attached hydrogens (tertiary/aromatic N) is 1. The minimum Gasteiger partial charge on any atom is -0.403 e. The first-order chi connectivity index (χ1) is 3.31. The summed E-state index contributed by atoms with van der Waals surface area (Å²) in [6.07, 6.45) is 1.47. The summed E-state index contributed by atoms with van der Waals surface area (Å²) in [4.78, 5) is 3.84. The van der Waals surface area contributed by atoms with Gasteiger partial charge in [0.15, 0.2) is 0 Å². The van der Waals surface area contributed by atoms with E-state index in [1.54, 1.807) is 4.22 Å². The van der Waals surface area contributed by atoms with Crippen LogP contribution in [0.15, 0.2) is 16.9 Å². The number of hydrogen-bond donors (Lipinski definition) is 1. The molecule has 0 fully saturated rings. The van der Waals surface area contributed by atoms with Crippen molar-refractivity contribution in [2.75, 3.05) is 0 Å². The summed E-state index contributed by atoms with van der Waals surface area (Å²) in [5.74, 6) is 0. The molecule has 0 aliphatic carbocycles. The molecule has 0 rings (SSSR count). The number of allylic oxidation sites excluding steroid dienone is 1. The molecule has 0 aromatic rings. The van der Waals surface area contributed by atoms with Crippen molar-refractivity contribution in [3.63, 3.8) is 0 Å². The second-order valence-electron chi connectivity index (χ2n) is 1.03. The highest BCUT2D eigenvalue weighted by atomic mass is 127. The quantitative estimate of drug-likeness (QED) is 0.513. The minimum atomic E-state index is 0.842. The molecule has 0 aliphatic heterocycles. The van der Waals surface area contributed by atoms with Gasteiger partial charge in [-0.3, -0.25) is 4.99 Å². The molecule has 3 heteroatoms. The van der Waals surface area contributed by atoms with E-state index in [9.17, 15) is 0 Å². The molecule has 0 atom stereocenters. The fraction of sp³-hybridized carbons (Fsp3) is 0.250. The second kappa shape index (κ2) is 4.11. The van der Waals surface area contributed by atoms with Gasteiger partial charge in [-0.2, -0.15) is 0 Å². The van der Waals surface area contributed by atoms with Gasteiger partial charge in [-0.25, -0.2) is 0 Å². The van der Waals surface area contributed by atoms with E-state index in [0.717, 1.165) is 5.70 Å². The summed E-state index contributed by atoms with van der Waals surface area (Å²) < 4.78 is 1.68. The van der Waals surface area contributed by atoms with Crippen molar-refractivity contribution in [1.82, 2.24) is 0 Å². The van der Waals surface area contributed by atoms with Gasteiger partial charge in [-0.1, -0.05) is 0 Å². The average Bonchev–Trinajstić information content (AvgIpc) is 1.68. The summed E-state index contributed by atoms with van der Waals surface area (Å²) in [5.41, 5.74) is 5.92. The van der Waals surface area contributed by atoms with Gasteiger partial charge in [0.05, 0.1) is 9.92 Å². The molecule has 40 valence electrons. The molecule has 0 saturated carbocycles. The first-order valence-electron chi connectivity index (χ1n) is 1.82. The molecule has 2 N–H and O–H groups in total. The lowest BCUT2D eigenvalue weighted by atomic mass is 10.6. The number of hydrogen-bond acceptors (Lipinski definition) is 2. The summed E-state index contributed by atoms with van der Waals surface area (Å²) in [5, 5.41) is 0. The monoisotopic (exact) mass is 210 g/mol. The third kappa shape index (κ3) is 3.78. The van der Waals surface area contributed by atoms with E-state index < -0.39 is 0 Å². The minimum absolute atomic E-state index is 0.842. The van der Waals surface area contributed by atoms with Crippen molar-refractivity contribution in [3.8, 4) is 0 Å². The maximum absolute atomic E-state index is 5.08. The Balaban J connectivity index is 3.58. The van der Waals surface area contributed by atoms with Gasteiger partial charge in [0, 0.05) is 6.20 Å². The molecule has 0 saturated heterocycles. The summed E-state index contributed by atoms with van der Waals surface area (Å²) in [6.45, 7) is 1.84. The first kappa shape index (κ1) is 6.94. The second-order valence-corrected chi connectivity index (χ2v) is 1.59. The van der Waals surface area contributed by atoms with Gasteiger partial charge in [-0.05, 0) is 29.5 Å². The Hall–Kier alpha value is -0.0600. The van der Waals surface area contributed by atoms with Crippen LogP contribution in [0.2, 0.25) is 0 Å². The molecule has 0 spiro atoms. The van der Waals surface area contributed by atoms with Gasteiger partial charge < -0.3 is 5.73 Å². The molecule has 0 unspecified atom stereocenters. The van der Waals surface area contributed by atoms with E-state index in [0.29, 0.717) is 0 Å². The van der Waals surface area contributed by atoms with E-state index in [2.05, 4.69) is 4.99 Å². The normalized spacial score (nSPS) is 13.1. The van der Waals surface area contributed by atoms with Crippen LogP contribution in [0, 0.1) is 0 Å². The van der Waals surface area contributed by atoms with Crippen molar-refractivity contribution in [1.29, 1.82) is 0 Å². The fourth-order valence-electron chi connectivity index (χ4n) is 0.120. The van der Waals surface area contributed by atoms with Crippen molar-refractivity contribution < 1.29 is 0 Å². The zero-order chi connectivity index (χ0) is 5.70. The van der Waals surface area contributed by atoms with Crippen LogP contribution in [-0.4, -0.2) is 4.22 Å². The highest BCUT2D eigenvalue weighted by Gasteiger charge is 1.71. The predicted molar refractivity (Wildman–Crippen MR) is 40.5 cm³/mol. The Morgan fingerprint density at radius 2 is 2.43 bits per heavy atom. The first-order valence-corrected chi connectivity index (χ1v) is 3.07. The van der Waals surface area contributed by atoms with E-state index in [4.69, 9.17) is 5.73 Å². The number of nitrogens with two attached hydrogens (primary N) is 1. The third-order valence-corrected chi connectivity index (χ3v) is 0.772. The third-order valence-electron chi connectivity index (χ3n) is 0.494. The molecule has 7 heavy (non-hydrogen) atoms. The van der Waals surface area contributed by atoms with Crippen molar-refractivity contribution in [3.05, 3.63) is 11.9 Å². The van der Waals surface area contributed by atoms with Gasteiger partial charge in [0.25, 0.3) is 0 Å². The summed E-state index contributed by atoms with van der Waals surface area (Å²) in [6, 6.07) is 0. The number of aliphatic imine (C=N–C) groups is 1. The van der Waals surface area contributed by atoms with Gasteiger partial charge in [0.2, 0.25) is 0 Å². The largest absolute Gasteiger partial charge is 0.403 e. The molecule has 2 nitrogen and oxygen atoms in total. The Morgan fingerprint density at radius 3 is 2.57 bits per heavy atom. The van der Waals surface area contributed by atoms with Crippen LogP contribution in [0.4, 0.5) is 0 Å². The Morgan fingerprint density at radius 1 is 1.86 bits per heavy atom. The van der Waals surface area contributed by atoms with Crippen molar-refractivity contribution >= 4 is 26.8 Å². The van der Waals surface area contributed by atoms with Crippen LogP contribution in [0.1, 0.15) is 6.92 Å². The molecule has 0 bridgehead atoms. The van der Waals surface area contributed by atoms with Crippen LogP contribution < -0.4 is 5.73 Å². The molecule has 0 amide bonds. The summed E-state index contributed by atoms with van der Waals surface area (Å²) >= 11 is 2.04. The average molecular weight is 210 g/mol. The van der Waals surface area contributed by atoms with Crippen molar-refractivity contribution in [2.45, 2.75) is 6.92 Å². The standard InChI is InChI=1S/C4H7IN2/c1-4(2-6)7-3-5/h2-3H,6H2,1H3/b4-2-,7-3?. The lowest BCUT2D eigenvalue weighted by Crippen LogP contribution is -1.79. The maximum Gasteiger partial charge on any atom is 0.0655 e. The molecule has 0 radical (unpaired) electrons. The molecular formula is C4H7IN2. The van der Waals surface area contributed by atoms with Gasteiger partial charge in [-0.15, -0.1) is 0 Å². The Kier molecular flexibility index (Phi) is 4.07. The zero-order valence-corrected chi connectivity index (χ0v) is 6.21. The molecule has 0 aliphatic rings. The Labute approximate surface area is 56.6 Å². The van der Waals surface area contributed by atoms with Gasteiger partial charge >= 0.3 is 0 Å². The van der Waals surface area contributed by atoms with E-state index in [-0.39, 0.29) is 0 Å². The highest BCUT2D eigenvalue weighted by Crippen LogP contribution is 1.89. The Bertz CT molecular complexity index is 95.9. The lowest BCUT2D eigenvalue weighted by Gasteiger charge is -1.81. The topological polar surface area (TPSA) is 38.4 Å². The van der Waals surface area contributed by atoms with Crippen LogP contribution in [-0.2, 0) is 0 Å². The van der Waals surface area contributed by atoms with E-state index in [1.807, 2.05) is 29.5 Å². The zero-order valence-electron chi connectivity index (χ0n) is 4.06. The van der Waals surface area contributed by atoms with Crippen molar-refractivity contribution in [2.24, 2.45) is 10.7 Å². The van der Waals surface area contributed by atoms with Crippen LogP contribution in [0.5, 0.6) is 0 Å². The number of rotatable bonds is 1. The number of halogens is 1. The lowest BCUT2D eigenvalue weighted by molar-refractivity contribution is 1.29.